The number of nitrogens with one attached hydrogen (secondary N) is 1. The van der Waals surface area contributed by atoms with Gasteiger partial charge in [0.05, 0.1) is 5.41 Å². The zero-order valence-corrected chi connectivity index (χ0v) is 12.2. The van der Waals surface area contributed by atoms with Crippen molar-refractivity contribution in [2.45, 2.75) is 52.4 Å². The normalized spacial score (nSPS) is 12.4. The highest BCUT2D eigenvalue weighted by Gasteiger charge is 2.31. The van der Waals surface area contributed by atoms with Crippen molar-refractivity contribution in [1.29, 1.82) is 0 Å². The molecule has 3 nitrogen and oxygen atoms in total. The van der Waals surface area contributed by atoms with Gasteiger partial charge in [0.2, 0.25) is 5.91 Å². The molecule has 1 rings (SSSR count). The Labute approximate surface area is 110 Å². The molecule has 1 amide bonds. The third kappa shape index (κ3) is 2.72. The van der Waals surface area contributed by atoms with Crippen LogP contribution in [0.1, 0.15) is 51.3 Å². The third-order valence-corrected chi connectivity index (χ3v) is 3.46. The summed E-state index contributed by atoms with van der Waals surface area (Å²) in [6.45, 7) is 12.3. The number of hydrazine groups is 1. The fourth-order valence-corrected chi connectivity index (χ4v) is 2.13. The smallest absolute Gasteiger partial charge is 0.243 e. The van der Waals surface area contributed by atoms with E-state index in [0.717, 1.165) is 11.1 Å². The lowest BCUT2D eigenvalue weighted by Gasteiger charge is -2.27. The third-order valence-electron chi connectivity index (χ3n) is 3.46. The topological polar surface area (TPSA) is 55.1 Å². The molecule has 100 valence electrons. The van der Waals surface area contributed by atoms with Crippen molar-refractivity contribution in [3.8, 4) is 0 Å². The lowest BCUT2D eigenvalue weighted by atomic mass is 9.78. The summed E-state index contributed by atoms with van der Waals surface area (Å²) in [5.74, 6) is 5.07. The lowest BCUT2D eigenvalue weighted by Crippen LogP contribution is -2.44. The minimum absolute atomic E-state index is 0.115. The van der Waals surface area contributed by atoms with Crippen LogP contribution in [0.15, 0.2) is 18.2 Å². The van der Waals surface area contributed by atoms with Crippen LogP contribution in [0, 0.1) is 6.92 Å². The van der Waals surface area contributed by atoms with Crippen LogP contribution in [-0.4, -0.2) is 5.91 Å². The van der Waals surface area contributed by atoms with Gasteiger partial charge in [-0.2, -0.15) is 0 Å². The molecule has 0 radical (unpaired) electrons. The summed E-state index contributed by atoms with van der Waals surface area (Å²) < 4.78 is 0. The van der Waals surface area contributed by atoms with Crippen LogP contribution >= 0.6 is 0 Å². The van der Waals surface area contributed by atoms with Crippen molar-refractivity contribution in [2.24, 2.45) is 5.84 Å². The highest BCUT2D eigenvalue weighted by molar-refractivity contribution is 5.87. The highest BCUT2D eigenvalue weighted by Crippen LogP contribution is 2.30. The predicted octanol–water partition coefficient (Wildman–Crippen LogP) is 2.56. The zero-order chi connectivity index (χ0) is 14.1. The largest absolute Gasteiger partial charge is 0.294 e. The predicted molar refractivity (Wildman–Crippen MR) is 75.2 cm³/mol. The molecule has 0 heterocycles. The fraction of sp³-hybridized carbons (Fsp3) is 0.533. The molecule has 0 unspecified atom stereocenters. The molecule has 18 heavy (non-hydrogen) atoms. The van der Waals surface area contributed by atoms with E-state index in [1.807, 2.05) is 26.8 Å². The SMILES string of the molecule is Cc1cc(C(C)(C)C)ccc1C(C)(C)C(=O)NN. The molecule has 0 atom stereocenters. The molecule has 1 aromatic rings. The summed E-state index contributed by atoms with van der Waals surface area (Å²) in [7, 11) is 0. The minimum atomic E-state index is -0.616. The number of carbonyl (C=O) groups excluding carboxylic acids is 1. The first-order valence-corrected chi connectivity index (χ1v) is 6.23. The molecule has 3 N–H and O–H groups in total. The van der Waals surface area contributed by atoms with Gasteiger partial charge in [-0.1, -0.05) is 39.0 Å². The first-order valence-electron chi connectivity index (χ1n) is 6.23. The molecule has 0 aromatic heterocycles. The quantitative estimate of drug-likeness (QED) is 0.480. The Kier molecular flexibility index (Phi) is 3.86. The Hall–Kier alpha value is -1.35. The summed E-state index contributed by atoms with van der Waals surface area (Å²) in [6, 6.07) is 6.28. The Morgan fingerprint density at radius 1 is 1.17 bits per heavy atom. The van der Waals surface area contributed by atoms with E-state index in [0.29, 0.717) is 0 Å². The Bertz CT molecular complexity index is 456. The van der Waals surface area contributed by atoms with Crippen molar-refractivity contribution in [3.05, 3.63) is 34.9 Å². The number of hydrogen-bond acceptors (Lipinski definition) is 2. The maximum absolute atomic E-state index is 11.8. The maximum Gasteiger partial charge on any atom is 0.243 e. The lowest BCUT2D eigenvalue weighted by molar-refractivity contribution is -0.125. The van der Waals surface area contributed by atoms with Crippen molar-refractivity contribution >= 4 is 5.91 Å². The summed E-state index contributed by atoms with van der Waals surface area (Å²) in [5.41, 5.74) is 5.14. The first-order chi connectivity index (χ1) is 8.10. The summed E-state index contributed by atoms with van der Waals surface area (Å²) >= 11 is 0. The first kappa shape index (κ1) is 14.7. The van der Waals surface area contributed by atoms with E-state index in [-0.39, 0.29) is 11.3 Å². The standard InChI is InChI=1S/C15H24N2O/c1-10-9-11(14(2,3)4)7-8-12(10)15(5,6)13(18)17-16/h7-9H,16H2,1-6H3,(H,17,18). The van der Waals surface area contributed by atoms with Gasteiger partial charge in [-0.25, -0.2) is 5.84 Å². The second-order valence-corrected chi connectivity index (χ2v) is 6.38. The van der Waals surface area contributed by atoms with Gasteiger partial charge in [0.25, 0.3) is 0 Å². The van der Waals surface area contributed by atoms with Gasteiger partial charge in [0, 0.05) is 0 Å². The Balaban J connectivity index is 3.26. The molecular weight excluding hydrogens is 224 g/mol. The van der Waals surface area contributed by atoms with Gasteiger partial charge in [0.1, 0.15) is 0 Å². The van der Waals surface area contributed by atoms with Crippen LogP contribution in [0.5, 0.6) is 0 Å². The number of carbonyl (C=O) groups is 1. The second kappa shape index (κ2) is 4.73. The van der Waals surface area contributed by atoms with E-state index < -0.39 is 5.41 Å². The molecule has 0 aliphatic carbocycles. The van der Waals surface area contributed by atoms with E-state index in [1.165, 1.54) is 5.56 Å². The van der Waals surface area contributed by atoms with Crippen molar-refractivity contribution in [3.63, 3.8) is 0 Å². The van der Waals surface area contributed by atoms with E-state index in [1.54, 1.807) is 0 Å². The van der Waals surface area contributed by atoms with Crippen LogP contribution in [0.4, 0.5) is 0 Å². The molecule has 0 saturated carbocycles. The van der Waals surface area contributed by atoms with Crippen LogP contribution in [0.2, 0.25) is 0 Å². The average molecular weight is 248 g/mol. The summed E-state index contributed by atoms with van der Waals surface area (Å²) in [6.07, 6.45) is 0. The van der Waals surface area contributed by atoms with Crippen LogP contribution in [0.3, 0.4) is 0 Å². The molecular formula is C15H24N2O. The highest BCUT2D eigenvalue weighted by atomic mass is 16.2. The molecule has 0 saturated heterocycles. The number of benzene rings is 1. The molecule has 1 aromatic carbocycles. The van der Waals surface area contributed by atoms with E-state index in [9.17, 15) is 4.79 Å². The molecule has 0 bridgehead atoms. The van der Waals surface area contributed by atoms with E-state index in [4.69, 9.17) is 5.84 Å². The van der Waals surface area contributed by atoms with Crippen molar-refractivity contribution in [1.82, 2.24) is 5.43 Å². The number of aryl methyl sites for hydroxylation is 1. The molecule has 0 spiro atoms. The van der Waals surface area contributed by atoms with Crippen LogP contribution in [-0.2, 0) is 15.6 Å². The van der Waals surface area contributed by atoms with Crippen LogP contribution < -0.4 is 11.3 Å². The monoisotopic (exact) mass is 248 g/mol. The van der Waals surface area contributed by atoms with Gasteiger partial charge in [-0.15, -0.1) is 0 Å². The van der Waals surface area contributed by atoms with Gasteiger partial charge in [-0.3, -0.25) is 10.2 Å². The number of hydrogen-bond donors (Lipinski definition) is 2. The minimum Gasteiger partial charge on any atom is -0.294 e. The number of rotatable bonds is 2. The Morgan fingerprint density at radius 3 is 2.11 bits per heavy atom. The average Bonchev–Trinajstić information content (AvgIpc) is 2.26. The Morgan fingerprint density at radius 2 is 1.72 bits per heavy atom. The van der Waals surface area contributed by atoms with Gasteiger partial charge < -0.3 is 0 Å². The number of amides is 1. The van der Waals surface area contributed by atoms with Crippen LogP contribution in [0.25, 0.3) is 0 Å². The fourth-order valence-electron chi connectivity index (χ4n) is 2.13. The molecule has 0 aliphatic heterocycles. The maximum atomic E-state index is 11.8. The van der Waals surface area contributed by atoms with Gasteiger partial charge in [-0.05, 0) is 42.9 Å². The van der Waals surface area contributed by atoms with E-state index >= 15 is 0 Å². The van der Waals surface area contributed by atoms with Gasteiger partial charge in [0.15, 0.2) is 0 Å². The number of nitrogens with two attached hydrogens (primary N) is 1. The summed E-state index contributed by atoms with van der Waals surface area (Å²) in [4.78, 5) is 11.8. The summed E-state index contributed by atoms with van der Waals surface area (Å²) in [5, 5.41) is 0. The van der Waals surface area contributed by atoms with Crippen molar-refractivity contribution in [2.75, 3.05) is 0 Å². The second-order valence-electron chi connectivity index (χ2n) is 6.38. The molecule has 0 fully saturated rings. The van der Waals surface area contributed by atoms with E-state index in [2.05, 4.69) is 38.3 Å². The van der Waals surface area contributed by atoms with Gasteiger partial charge >= 0.3 is 0 Å². The zero-order valence-electron chi connectivity index (χ0n) is 12.2. The molecule has 0 aliphatic rings. The molecule has 3 heteroatoms. The van der Waals surface area contributed by atoms with Crippen molar-refractivity contribution < 1.29 is 4.79 Å².